The molecule has 0 saturated heterocycles. The number of nitrogens with one attached hydrogen (secondary N) is 2. The fourth-order valence-electron chi connectivity index (χ4n) is 3.42. The highest BCUT2D eigenvalue weighted by Crippen LogP contribution is 2.22. The molecule has 0 atom stereocenters. The van der Waals surface area contributed by atoms with Gasteiger partial charge in [0.2, 0.25) is 5.91 Å². The van der Waals surface area contributed by atoms with Crippen molar-refractivity contribution in [2.24, 2.45) is 0 Å². The van der Waals surface area contributed by atoms with Crippen molar-refractivity contribution in [2.45, 2.75) is 45.6 Å². The summed E-state index contributed by atoms with van der Waals surface area (Å²) in [4.78, 5) is 35.8. The van der Waals surface area contributed by atoms with Crippen LogP contribution in [0.1, 0.15) is 54.9 Å². The Hall–Kier alpha value is -3.61. The van der Waals surface area contributed by atoms with Crippen LogP contribution in [0.5, 0.6) is 5.75 Å². The minimum atomic E-state index is -0.782. The van der Waals surface area contributed by atoms with E-state index >= 15 is 0 Å². The molecule has 0 radical (unpaired) electrons. The molecule has 32 heavy (non-hydrogen) atoms. The number of carbonyl (C=O) groups is 3. The molecule has 1 saturated carbocycles. The maximum absolute atomic E-state index is 12.3. The van der Waals surface area contributed by atoms with Crippen LogP contribution in [0, 0.1) is 0 Å². The minimum absolute atomic E-state index is 0.0988. The second kappa shape index (κ2) is 11.7. The van der Waals surface area contributed by atoms with Crippen molar-refractivity contribution in [1.82, 2.24) is 5.32 Å². The lowest BCUT2D eigenvalue weighted by atomic mass is 9.94. The Kier molecular flexibility index (Phi) is 8.43. The monoisotopic (exact) mass is 436 g/mol. The lowest BCUT2D eigenvalue weighted by Gasteiger charge is -2.13. The Balaban J connectivity index is 1.46. The van der Waals surface area contributed by atoms with E-state index in [0.717, 1.165) is 36.9 Å². The molecule has 0 spiro atoms. The molecule has 1 fully saturated rings. The fraction of sp³-hybridized carbons (Fsp3) is 0.320. The van der Waals surface area contributed by atoms with Crippen LogP contribution in [0.25, 0.3) is 0 Å². The number of rotatable bonds is 7. The van der Waals surface area contributed by atoms with E-state index in [9.17, 15) is 14.4 Å². The van der Waals surface area contributed by atoms with Gasteiger partial charge in [0.1, 0.15) is 5.75 Å². The molecule has 0 unspecified atom stereocenters. The number of carbonyl (C=O) groups excluding carboxylic acids is 3. The van der Waals surface area contributed by atoms with Gasteiger partial charge in [0.15, 0.2) is 0 Å². The average Bonchev–Trinajstić information content (AvgIpc) is 2.79. The number of amides is 2. The standard InChI is InChI=1S/C25H28N2O5/c1-2-31-25(30)32-22-14-10-20(11-15-22)24(29)26-17-19-8-12-21(13-9-19)27-23(28)16-18-6-4-3-5-7-18/h8-16H,2-7,17H2,1H3,(H,26,29)(H,27,28). The van der Waals surface area contributed by atoms with Crippen molar-refractivity contribution in [3.05, 3.63) is 71.3 Å². The zero-order valence-corrected chi connectivity index (χ0v) is 18.2. The molecule has 7 heteroatoms. The summed E-state index contributed by atoms with van der Waals surface area (Å²) in [6, 6.07) is 13.6. The summed E-state index contributed by atoms with van der Waals surface area (Å²) in [5.74, 6) is -0.0423. The predicted octanol–water partition coefficient (Wildman–Crippen LogP) is 4.98. The Morgan fingerprint density at radius 3 is 2.28 bits per heavy atom. The summed E-state index contributed by atoms with van der Waals surface area (Å²) < 4.78 is 9.68. The average molecular weight is 437 g/mol. The van der Waals surface area contributed by atoms with Crippen molar-refractivity contribution in [3.63, 3.8) is 0 Å². The van der Waals surface area contributed by atoms with Gasteiger partial charge >= 0.3 is 6.16 Å². The molecule has 2 aromatic rings. The van der Waals surface area contributed by atoms with Crippen LogP contribution in [0.2, 0.25) is 0 Å². The third-order valence-electron chi connectivity index (χ3n) is 5.09. The van der Waals surface area contributed by atoms with Gasteiger partial charge in [-0.1, -0.05) is 24.1 Å². The van der Waals surface area contributed by atoms with Crippen LogP contribution in [-0.4, -0.2) is 24.6 Å². The zero-order chi connectivity index (χ0) is 22.8. The van der Waals surface area contributed by atoms with Gasteiger partial charge in [0, 0.05) is 23.9 Å². The number of hydrogen-bond donors (Lipinski definition) is 2. The highest BCUT2D eigenvalue weighted by atomic mass is 16.7. The van der Waals surface area contributed by atoms with Gasteiger partial charge in [0.05, 0.1) is 6.61 Å². The van der Waals surface area contributed by atoms with Crippen LogP contribution in [-0.2, 0) is 16.1 Å². The molecule has 3 rings (SSSR count). The summed E-state index contributed by atoms with van der Waals surface area (Å²) in [6.07, 6.45) is 6.51. The summed E-state index contributed by atoms with van der Waals surface area (Å²) in [7, 11) is 0. The maximum atomic E-state index is 12.3. The highest BCUT2D eigenvalue weighted by molar-refractivity contribution is 5.99. The summed E-state index contributed by atoms with van der Waals surface area (Å²) in [5, 5.41) is 5.73. The van der Waals surface area contributed by atoms with Crippen LogP contribution in [0.4, 0.5) is 10.5 Å². The van der Waals surface area contributed by atoms with E-state index in [1.165, 1.54) is 24.1 Å². The number of hydrogen-bond acceptors (Lipinski definition) is 5. The van der Waals surface area contributed by atoms with E-state index < -0.39 is 6.16 Å². The lowest BCUT2D eigenvalue weighted by molar-refractivity contribution is -0.112. The van der Waals surface area contributed by atoms with E-state index in [2.05, 4.69) is 10.6 Å². The number of ether oxygens (including phenoxy) is 2. The molecular weight excluding hydrogens is 408 g/mol. The fourth-order valence-corrected chi connectivity index (χ4v) is 3.42. The Bertz CT molecular complexity index is 957. The van der Waals surface area contributed by atoms with E-state index in [0.29, 0.717) is 17.9 Å². The molecule has 2 N–H and O–H groups in total. The van der Waals surface area contributed by atoms with Gasteiger partial charge in [-0.3, -0.25) is 9.59 Å². The Labute approximate surface area is 187 Å². The normalized spacial score (nSPS) is 13.1. The summed E-state index contributed by atoms with van der Waals surface area (Å²) in [6.45, 7) is 2.26. The molecule has 7 nitrogen and oxygen atoms in total. The van der Waals surface area contributed by atoms with Crippen LogP contribution >= 0.6 is 0 Å². The van der Waals surface area contributed by atoms with E-state index in [4.69, 9.17) is 9.47 Å². The molecule has 1 aliphatic rings. The Morgan fingerprint density at radius 1 is 0.938 bits per heavy atom. The van der Waals surface area contributed by atoms with Crippen molar-refractivity contribution in [1.29, 1.82) is 0 Å². The van der Waals surface area contributed by atoms with E-state index in [1.807, 2.05) is 24.3 Å². The third-order valence-corrected chi connectivity index (χ3v) is 5.09. The van der Waals surface area contributed by atoms with Gasteiger partial charge < -0.3 is 20.1 Å². The predicted molar refractivity (Wildman–Crippen MR) is 122 cm³/mol. The van der Waals surface area contributed by atoms with Gasteiger partial charge in [0.25, 0.3) is 5.91 Å². The smallest absolute Gasteiger partial charge is 0.434 e. The van der Waals surface area contributed by atoms with Crippen molar-refractivity contribution < 1.29 is 23.9 Å². The third kappa shape index (κ3) is 7.27. The molecule has 0 bridgehead atoms. The van der Waals surface area contributed by atoms with E-state index in [1.54, 1.807) is 25.1 Å². The molecular formula is C25H28N2O5. The molecule has 0 aliphatic heterocycles. The summed E-state index contributed by atoms with van der Waals surface area (Å²) in [5.41, 5.74) is 3.29. The second-order valence-corrected chi connectivity index (χ2v) is 7.54. The van der Waals surface area contributed by atoms with Crippen LogP contribution in [0.15, 0.2) is 60.2 Å². The molecule has 2 aromatic carbocycles. The van der Waals surface area contributed by atoms with Crippen molar-refractivity contribution in [2.75, 3.05) is 11.9 Å². The zero-order valence-electron chi connectivity index (χ0n) is 18.2. The topological polar surface area (TPSA) is 93.7 Å². The quantitative estimate of drug-likeness (QED) is 0.363. The minimum Gasteiger partial charge on any atom is -0.434 e. The Morgan fingerprint density at radius 2 is 1.62 bits per heavy atom. The van der Waals surface area contributed by atoms with Gasteiger partial charge in [-0.15, -0.1) is 0 Å². The highest BCUT2D eigenvalue weighted by Gasteiger charge is 2.10. The van der Waals surface area contributed by atoms with Crippen LogP contribution < -0.4 is 15.4 Å². The first-order valence-electron chi connectivity index (χ1n) is 10.9. The molecule has 2 amide bonds. The molecule has 1 aliphatic carbocycles. The van der Waals surface area contributed by atoms with Gasteiger partial charge in [-0.05, 0) is 74.6 Å². The number of allylic oxidation sites excluding steroid dienone is 1. The number of anilines is 1. The number of benzene rings is 2. The van der Waals surface area contributed by atoms with Gasteiger partial charge in [-0.25, -0.2) is 4.79 Å². The second-order valence-electron chi connectivity index (χ2n) is 7.54. The first kappa shape index (κ1) is 23.1. The maximum Gasteiger partial charge on any atom is 0.513 e. The molecule has 168 valence electrons. The molecule has 0 heterocycles. The van der Waals surface area contributed by atoms with Crippen molar-refractivity contribution >= 4 is 23.7 Å². The van der Waals surface area contributed by atoms with E-state index in [-0.39, 0.29) is 18.4 Å². The largest absolute Gasteiger partial charge is 0.513 e. The SMILES string of the molecule is CCOC(=O)Oc1ccc(C(=O)NCc2ccc(NC(=O)C=C3CCCCC3)cc2)cc1. The van der Waals surface area contributed by atoms with Crippen LogP contribution in [0.3, 0.4) is 0 Å². The van der Waals surface area contributed by atoms with Gasteiger partial charge in [-0.2, -0.15) is 0 Å². The first-order chi connectivity index (χ1) is 15.5. The lowest BCUT2D eigenvalue weighted by Crippen LogP contribution is -2.22. The summed E-state index contributed by atoms with van der Waals surface area (Å²) >= 11 is 0. The first-order valence-corrected chi connectivity index (χ1v) is 10.9. The van der Waals surface area contributed by atoms with Crippen molar-refractivity contribution in [3.8, 4) is 5.75 Å². The molecule has 0 aromatic heterocycles.